The predicted molar refractivity (Wildman–Crippen MR) is 107 cm³/mol. The monoisotopic (exact) mass is 462 g/mol. The highest BCUT2D eigenvalue weighted by molar-refractivity contribution is 6.42. The molecule has 1 aliphatic carbocycles. The van der Waals surface area contributed by atoms with E-state index in [0.29, 0.717) is 18.4 Å². The Morgan fingerprint density at radius 3 is 2.60 bits per heavy atom. The summed E-state index contributed by atoms with van der Waals surface area (Å²) in [7, 11) is 0. The van der Waals surface area contributed by atoms with Crippen LogP contribution in [0.15, 0.2) is 30.5 Å². The Hall–Kier alpha value is -2.03. The number of aromatic nitrogens is 1. The van der Waals surface area contributed by atoms with Crippen LogP contribution >= 0.6 is 23.2 Å². The lowest BCUT2D eigenvalue weighted by molar-refractivity contribution is -0.154. The van der Waals surface area contributed by atoms with Crippen LogP contribution in [0.1, 0.15) is 36.0 Å². The van der Waals surface area contributed by atoms with Crippen LogP contribution in [-0.4, -0.2) is 40.9 Å². The third-order valence-electron chi connectivity index (χ3n) is 4.76. The summed E-state index contributed by atoms with van der Waals surface area (Å²) in [6.07, 6.45) is -1.03. The zero-order valence-electron chi connectivity index (χ0n) is 15.7. The second-order valence-corrected chi connectivity index (χ2v) is 7.86. The molecule has 0 radical (unpaired) electrons. The van der Waals surface area contributed by atoms with Crippen LogP contribution in [-0.2, 0) is 0 Å². The maximum absolute atomic E-state index is 12.7. The van der Waals surface area contributed by atoms with Gasteiger partial charge in [0.15, 0.2) is 6.61 Å². The molecular formula is C20H19Cl2F3N2O3. The van der Waals surface area contributed by atoms with Gasteiger partial charge in [-0.15, -0.1) is 0 Å². The molecule has 0 aliphatic heterocycles. The highest BCUT2D eigenvalue weighted by Gasteiger charge is 2.30. The summed E-state index contributed by atoms with van der Waals surface area (Å²) < 4.78 is 42.7. The van der Waals surface area contributed by atoms with Crippen LogP contribution in [0.4, 0.5) is 13.2 Å². The third kappa shape index (κ3) is 5.77. The van der Waals surface area contributed by atoms with E-state index < -0.39 is 24.8 Å². The molecule has 2 aromatic rings. The molecule has 2 unspecified atom stereocenters. The van der Waals surface area contributed by atoms with Gasteiger partial charge < -0.3 is 15.2 Å². The smallest absolute Gasteiger partial charge is 0.422 e. The lowest BCUT2D eigenvalue weighted by Gasteiger charge is -2.28. The lowest BCUT2D eigenvalue weighted by Crippen LogP contribution is -2.45. The number of carbonyl (C=O) groups is 1. The molecule has 0 bridgehead atoms. The maximum atomic E-state index is 12.7. The maximum Gasteiger partial charge on any atom is 0.422 e. The van der Waals surface area contributed by atoms with E-state index in [1.165, 1.54) is 24.3 Å². The predicted octanol–water partition coefficient (Wildman–Crippen LogP) is 5.03. The first-order valence-electron chi connectivity index (χ1n) is 9.28. The Kier molecular flexibility index (Phi) is 7.10. The van der Waals surface area contributed by atoms with E-state index in [-0.39, 0.29) is 33.1 Å². The van der Waals surface area contributed by atoms with E-state index in [9.17, 15) is 23.1 Å². The highest BCUT2D eigenvalue weighted by atomic mass is 35.5. The van der Waals surface area contributed by atoms with Crippen molar-refractivity contribution < 1.29 is 27.8 Å². The Balaban J connectivity index is 1.91. The summed E-state index contributed by atoms with van der Waals surface area (Å²) in [5.74, 6) is -0.780. The molecule has 1 amide bonds. The SMILES string of the molecule is O=C(NC1CCCCC1O)c1cnc(OCC(F)(F)F)c(-c2ccc(Cl)c(Cl)c2)c1. The molecule has 1 saturated carbocycles. The molecule has 1 aromatic carbocycles. The summed E-state index contributed by atoms with van der Waals surface area (Å²) in [5.41, 5.74) is 0.671. The van der Waals surface area contributed by atoms with Crippen LogP contribution in [0.2, 0.25) is 10.0 Å². The van der Waals surface area contributed by atoms with Gasteiger partial charge in [0.05, 0.1) is 27.8 Å². The molecule has 2 N–H and O–H groups in total. The molecule has 0 saturated heterocycles. The normalized spacial score (nSPS) is 19.4. The number of aliphatic hydroxyl groups excluding tert-OH is 1. The van der Waals surface area contributed by atoms with E-state index in [1.807, 2.05) is 0 Å². The van der Waals surface area contributed by atoms with Gasteiger partial charge in [0, 0.05) is 11.8 Å². The fourth-order valence-corrected chi connectivity index (χ4v) is 3.54. The number of halogens is 5. The Labute approximate surface area is 181 Å². The number of nitrogens with one attached hydrogen (secondary N) is 1. The molecule has 5 nitrogen and oxygen atoms in total. The van der Waals surface area contributed by atoms with Gasteiger partial charge in [-0.1, -0.05) is 42.1 Å². The van der Waals surface area contributed by atoms with E-state index in [1.54, 1.807) is 0 Å². The molecule has 3 rings (SSSR count). The number of hydrogen-bond acceptors (Lipinski definition) is 4. The second kappa shape index (κ2) is 9.41. The number of amides is 1. The first kappa shape index (κ1) is 22.7. The number of aliphatic hydroxyl groups is 1. The van der Waals surface area contributed by atoms with Crippen molar-refractivity contribution in [2.75, 3.05) is 6.61 Å². The van der Waals surface area contributed by atoms with Crippen LogP contribution in [0, 0.1) is 0 Å². The molecule has 0 spiro atoms. The molecule has 1 aliphatic rings. The number of rotatable bonds is 5. The Morgan fingerprint density at radius 2 is 1.93 bits per heavy atom. The van der Waals surface area contributed by atoms with E-state index in [0.717, 1.165) is 19.0 Å². The minimum Gasteiger partial charge on any atom is -0.468 e. The number of benzene rings is 1. The Morgan fingerprint density at radius 1 is 1.20 bits per heavy atom. The number of carbonyl (C=O) groups excluding carboxylic acids is 1. The average Bonchev–Trinajstić information content (AvgIpc) is 2.69. The average molecular weight is 463 g/mol. The minimum absolute atomic E-state index is 0.119. The van der Waals surface area contributed by atoms with Crippen LogP contribution in [0.25, 0.3) is 11.1 Å². The van der Waals surface area contributed by atoms with Crippen molar-refractivity contribution in [2.24, 2.45) is 0 Å². The first-order valence-corrected chi connectivity index (χ1v) is 10.0. The summed E-state index contributed by atoms with van der Waals surface area (Å²) in [4.78, 5) is 16.6. The van der Waals surface area contributed by atoms with Gasteiger partial charge in [-0.3, -0.25) is 4.79 Å². The number of ether oxygens (including phenoxy) is 1. The van der Waals surface area contributed by atoms with Crippen molar-refractivity contribution in [3.05, 3.63) is 46.1 Å². The molecule has 1 fully saturated rings. The van der Waals surface area contributed by atoms with Gasteiger partial charge in [0.2, 0.25) is 5.88 Å². The van der Waals surface area contributed by atoms with Gasteiger partial charge in [0.25, 0.3) is 5.91 Å². The Bertz CT molecular complexity index is 925. The summed E-state index contributed by atoms with van der Waals surface area (Å²) >= 11 is 12.0. The van der Waals surface area contributed by atoms with Crippen molar-refractivity contribution in [3.63, 3.8) is 0 Å². The molecular weight excluding hydrogens is 444 g/mol. The quantitative estimate of drug-likeness (QED) is 0.653. The molecule has 162 valence electrons. The van der Waals surface area contributed by atoms with Gasteiger partial charge in [-0.2, -0.15) is 13.2 Å². The van der Waals surface area contributed by atoms with Crippen LogP contribution in [0.5, 0.6) is 5.88 Å². The van der Waals surface area contributed by atoms with Crippen molar-refractivity contribution in [2.45, 2.75) is 44.0 Å². The summed E-state index contributed by atoms with van der Waals surface area (Å²) in [6.45, 7) is -1.53. The van der Waals surface area contributed by atoms with Gasteiger partial charge in [-0.05, 0) is 36.6 Å². The van der Waals surface area contributed by atoms with Crippen LogP contribution < -0.4 is 10.1 Å². The molecule has 1 heterocycles. The summed E-state index contributed by atoms with van der Waals surface area (Å²) in [5, 5.41) is 13.3. The van der Waals surface area contributed by atoms with Gasteiger partial charge >= 0.3 is 6.18 Å². The van der Waals surface area contributed by atoms with E-state index in [2.05, 4.69) is 10.3 Å². The fourth-order valence-electron chi connectivity index (χ4n) is 3.24. The fraction of sp³-hybridized carbons (Fsp3) is 0.400. The molecule has 30 heavy (non-hydrogen) atoms. The number of hydrogen-bond donors (Lipinski definition) is 2. The zero-order valence-corrected chi connectivity index (χ0v) is 17.2. The largest absolute Gasteiger partial charge is 0.468 e. The minimum atomic E-state index is -4.55. The number of alkyl halides is 3. The molecule has 1 aromatic heterocycles. The van der Waals surface area contributed by atoms with Crippen molar-refractivity contribution >= 4 is 29.1 Å². The lowest BCUT2D eigenvalue weighted by atomic mass is 9.92. The topological polar surface area (TPSA) is 71.5 Å². The second-order valence-electron chi connectivity index (χ2n) is 7.04. The molecule has 2 atom stereocenters. The zero-order chi connectivity index (χ0) is 21.9. The van der Waals surface area contributed by atoms with Crippen molar-refractivity contribution in [1.82, 2.24) is 10.3 Å². The standard InChI is InChI=1S/C20H19Cl2F3N2O3/c21-14-6-5-11(8-15(14)22)13-7-12(9-26-19(13)30-10-20(23,24)25)18(29)27-16-3-1-2-4-17(16)28/h5-9,16-17,28H,1-4,10H2,(H,27,29). The highest BCUT2D eigenvalue weighted by Crippen LogP contribution is 2.34. The van der Waals surface area contributed by atoms with E-state index in [4.69, 9.17) is 27.9 Å². The van der Waals surface area contributed by atoms with Crippen molar-refractivity contribution in [3.8, 4) is 17.0 Å². The van der Waals surface area contributed by atoms with Crippen LogP contribution in [0.3, 0.4) is 0 Å². The number of nitrogens with zero attached hydrogens (tertiary/aromatic N) is 1. The van der Waals surface area contributed by atoms with Crippen molar-refractivity contribution in [1.29, 1.82) is 0 Å². The third-order valence-corrected chi connectivity index (χ3v) is 5.50. The van der Waals surface area contributed by atoms with E-state index >= 15 is 0 Å². The van der Waals surface area contributed by atoms with Gasteiger partial charge in [-0.25, -0.2) is 4.98 Å². The summed E-state index contributed by atoms with van der Waals surface area (Å²) in [6, 6.07) is 5.47. The first-order chi connectivity index (χ1) is 14.1. The van der Waals surface area contributed by atoms with Gasteiger partial charge in [0.1, 0.15) is 0 Å². The number of pyridine rings is 1. The molecule has 10 heteroatoms.